The SMILES string of the molecule is O=C(Nc1nncs1)c1ccc(NCC(=O)N2CCc3sccc3C2)nc1. The Kier molecular flexibility index (Phi) is 5.07. The molecule has 2 N–H and O–H groups in total. The molecule has 1 aliphatic rings. The third-order valence-corrected chi connectivity index (χ3v) is 5.82. The van der Waals surface area contributed by atoms with Crippen molar-refractivity contribution in [2.75, 3.05) is 23.7 Å². The highest BCUT2D eigenvalue weighted by molar-refractivity contribution is 7.13. The third kappa shape index (κ3) is 4.12. The molecule has 0 spiro atoms. The summed E-state index contributed by atoms with van der Waals surface area (Å²) in [6.07, 6.45) is 2.37. The lowest BCUT2D eigenvalue weighted by molar-refractivity contribution is -0.130. The van der Waals surface area contributed by atoms with Crippen LogP contribution in [0, 0.1) is 0 Å². The average molecular weight is 400 g/mol. The minimum atomic E-state index is -0.304. The van der Waals surface area contributed by atoms with Gasteiger partial charge in [0.2, 0.25) is 11.0 Å². The highest BCUT2D eigenvalue weighted by Crippen LogP contribution is 2.24. The van der Waals surface area contributed by atoms with E-state index in [0.29, 0.717) is 23.1 Å². The van der Waals surface area contributed by atoms with E-state index in [0.717, 1.165) is 13.0 Å². The Balaban J connectivity index is 1.30. The molecule has 2 amide bonds. The van der Waals surface area contributed by atoms with E-state index in [1.807, 2.05) is 4.90 Å². The number of thiophene rings is 1. The van der Waals surface area contributed by atoms with E-state index in [4.69, 9.17) is 0 Å². The Bertz CT molecular complexity index is 939. The average Bonchev–Trinajstić information content (AvgIpc) is 3.37. The summed E-state index contributed by atoms with van der Waals surface area (Å²) in [5.74, 6) is 0.276. The number of fused-ring (bicyclic) bond motifs is 1. The molecule has 0 radical (unpaired) electrons. The zero-order valence-electron chi connectivity index (χ0n) is 14.2. The van der Waals surface area contributed by atoms with E-state index in [2.05, 4.69) is 37.3 Å². The Morgan fingerprint density at radius 3 is 2.93 bits per heavy atom. The normalized spacial score (nSPS) is 13.1. The highest BCUT2D eigenvalue weighted by atomic mass is 32.1. The van der Waals surface area contributed by atoms with Gasteiger partial charge in [-0.15, -0.1) is 21.5 Å². The molecule has 0 fully saturated rings. The second-order valence-electron chi connectivity index (χ2n) is 5.92. The van der Waals surface area contributed by atoms with Crippen LogP contribution in [-0.4, -0.2) is 45.0 Å². The first-order chi connectivity index (χ1) is 13.2. The van der Waals surface area contributed by atoms with Crippen LogP contribution in [0.25, 0.3) is 0 Å². The van der Waals surface area contributed by atoms with Gasteiger partial charge in [-0.25, -0.2) is 4.98 Å². The molecular formula is C17H16N6O2S2. The van der Waals surface area contributed by atoms with Crippen LogP contribution in [0.2, 0.25) is 0 Å². The minimum absolute atomic E-state index is 0.0340. The van der Waals surface area contributed by atoms with Crippen LogP contribution in [0.1, 0.15) is 20.8 Å². The number of carbonyl (C=O) groups is 2. The van der Waals surface area contributed by atoms with E-state index in [9.17, 15) is 9.59 Å². The van der Waals surface area contributed by atoms with Crippen LogP contribution in [0.15, 0.2) is 35.3 Å². The molecule has 1 aliphatic heterocycles. The van der Waals surface area contributed by atoms with Gasteiger partial charge >= 0.3 is 0 Å². The van der Waals surface area contributed by atoms with Crippen LogP contribution < -0.4 is 10.6 Å². The number of nitrogens with one attached hydrogen (secondary N) is 2. The molecule has 0 saturated heterocycles. The number of carbonyl (C=O) groups excluding carboxylic acids is 2. The predicted molar refractivity (Wildman–Crippen MR) is 104 cm³/mol. The van der Waals surface area contributed by atoms with Crippen molar-refractivity contribution < 1.29 is 9.59 Å². The van der Waals surface area contributed by atoms with Gasteiger partial charge in [0, 0.05) is 24.2 Å². The Labute approximate surface area is 163 Å². The second-order valence-corrected chi connectivity index (χ2v) is 7.75. The topological polar surface area (TPSA) is 100 Å². The third-order valence-electron chi connectivity index (χ3n) is 4.19. The molecule has 27 heavy (non-hydrogen) atoms. The van der Waals surface area contributed by atoms with Crippen molar-refractivity contribution in [1.82, 2.24) is 20.1 Å². The molecule has 4 heterocycles. The van der Waals surface area contributed by atoms with E-state index >= 15 is 0 Å². The first kappa shape index (κ1) is 17.6. The fourth-order valence-electron chi connectivity index (χ4n) is 2.77. The van der Waals surface area contributed by atoms with Gasteiger partial charge in [0.25, 0.3) is 5.91 Å². The molecule has 10 heteroatoms. The lowest BCUT2D eigenvalue weighted by atomic mass is 10.1. The molecule has 0 saturated carbocycles. The summed E-state index contributed by atoms with van der Waals surface area (Å²) in [7, 11) is 0. The van der Waals surface area contributed by atoms with Crippen LogP contribution in [0.3, 0.4) is 0 Å². The number of pyridine rings is 1. The maximum Gasteiger partial charge on any atom is 0.259 e. The van der Waals surface area contributed by atoms with Gasteiger partial charge in [0.1, 0.15) is 11.3 Å². The lowest BCUT2D eigenvalue weighted by Gasteiger charge is -2.27. The summed E-state index contributed by atoms with van der Waals surface area (Å²) >= 11 is 2.99. The Hall–Kier alpha value is -2.85. The molecule has 0 aliphatic carbocycles. The van der Waals surface area contributed by atoms with Gasteiger partial charge in [0.15, 0.2) is 0 Å². The quantitative estimate of drug-likeness (QED) is 0.681. The Morgan fingerprint density at radius 2 is 2.15 bits per heavy atom. The lowest BCUT2D eigenvalue weighted by Crippen LogP contribution is -2.38. The van der Waals surface area contributed by atoms with Crippen LogP contribution in [0.4, 0.5) is 10.9 Å². The van der Waals surface area contributed by atoms with Gasteiger partial charge in [-0.05, 0) is 35.6 Å². The van der Waals surface area contributed by atoms with Crippen LogP contribution in [0.5, 0.6) is 0 Å². The monoisotopic (exact) mass is 400 g/mol. The summed E-state index contributed by atoms with van der Waals surface area (Å²) in [6.45, 7) is 1.58. The molecule has 4 rings (SSSR count). The van der Waals surface area contributed by atoms with Gasteiger partial charge in [-0.2, -0.15) is 0 Å². The Morgan fingerprint density at radius 1 is 1.22 bits per heavy atom. The van der Waals surface area contributed by atoms with Crippen molar-refractivity contribution in [3.8, 4) is 0 Å². The molecule has 8 nitrogen and oxygen atoms in total. The molecule has 0 unspecified atom stereocenters. The number of rotatable bonds is 5. The number of anilines is 2. The second kappa shape index (κ2) is 7.80. The number of hydrogen-bond donors (Lipinski definition) is 2. The van der Waals surface area contributed by atoms with E-state index in [1.54, 1.807) is 29.0 Å². The molecule has 3 aromatic rings. The highest BCUT2D eigenvalue weighted by Gasteiger charge is 2.21. The summed E-state index contributed by atoms with van der Waals surface area (Å²) in [4.78, 5) is 31.9. The van der Waals surface area contributed by atoms with E-state index in [1.165, 1.54) is 28.0 Å². The molecule has 0 aromatic carbocycles. The van der Waals surface area contributed by atoms with Crippen molar-refractivity contribution >= 4 is 45.4 Å². The number of hydrogen-bond acceptors (Lipinski definition) is 8. The minimum Gasteiger partial charge on any atom is -0.361 e. The summed E-state index contributed by atoms with van der Waals surface area (Å²) in [6, 6.07) is 5.41. The van der Waals surface area contributed by atoms with E-state index in [-0.39, 0.29) is 18.4 Å². The van der Waals surface area contributed by atoms with Crippen LogP contribution in [-0.2, 0) is 17.8 Å². The number of aromatic nitrogens is 3. The first-order valence-corrected chi connectivity index (χ1v) is 10.1. The van der Waals surface area contributed by atoms with Crippen LogP contribution >= 0.6 is 22.7 Å². The molecule has 3 aromatic heterocycles. The largest absolute Gasteiger partial charge is 0.361 e. The predicted octanol–water partition coefficient (Wildman–Crippen LogP) is 2.24. The molecular weight excluding hydrogens is 384 g/mol. The van der Waals surface area contributed by atoms with Gasteiger partial charge < -0.3 is 10.2 Å². The zero-order chi connectivity index (χ0) is 18.6. The van der Waals surface area contributed by atoms with Crippen molar-refractivity contribution in [2.24, 2.45) is 0 Å². The van der Waals surface area contributed by atoms with Crippen molar-refractivity contribution in [1.29, 1.82) is 0 Å². The first-order valence-electron chi connectivity index (χ1n) is 8.29. The molecule has 0 atom stereocenters. The maximum atomic E-state index is 12.4. The van der Waals surface area contributed by atoms with Crippen molar-refractivity contribution in [2.45, 2.75) is 13.0 Å². The summed E-state index contributed by atoms with van der Waals surface area (Å²) in [5.41, 5.74) is 3.19. The molecule has 138 valence electrons. The summed E-state index contributed by atoms with van der Waals surface area (Å²) < 4.78 is 0. The van der Waals surface area contributed by atoms with Gasteiger partial charge in [-0.1, -0.05) is 11.3 Å². The van der Waals surface area contributed by atoms with Gasteiger partial charge in [0.05, 0.1) is 12.1 Å². The van der Waals surface area contributed by atoms with Gasteiger partial charge in [-0.3, -0.25) is 14.9 Å². The standard InChI is InChI=1S/C17H16N6O2S2/c24-15(23-5-3-13-12(9-23)4-6-26-13)8-19-14-2-1-11(7-18-14)16(25)21-17-22-20-10-27-17/h1-2,4,6-7,10H,3,5,8-9H2,(H,18,19)(H,21,22,25). The molecule has 0 bridgehead atoms. The van der Waals surface area contributed by atoms with E-state index < -0.39 is 0 Å². The fraction of sp³-hybridized carbons (Fsp3) is 0.235. The number of amides is 2. The van der Waals surface area contributed by atoms with Crippen molar-refractivity contribution in [3.63, 3.8) is 0 Å². The number of nitrogens with zero attached hydrogens (tertiary/aromatic N) is 4. The maximum absolute atomic E-state index is 12.4. The fourth-order valence-corrected chi connectivity index (χ4v) is 4.10. The smallest absolute Gasteiger partial charge is 0.259 e. The zero-order valence-corrected chi connectivity index (χ0v) is 15.8. The van der Waals surface area contributed by atoms with Crippen molar-refractivity contribution in [3.05, 3.63) is 51.3 Å². The summed E-state index contributed by atoms with van der Waals surface area (Å²) in [5, 5.41) is 15.6.